The molecule has 0 aliphatic heterocycles. The van der Waals surface area contributed by atoms with E-state index in [4.69, 9.17) is 0 Å². The fourth-order valence-electron chi connectivity index (χ4n) is 3.19. The van der Waals surface area contributed by atoms with Crippen LogP contribution in [-0.4, -0.2) is 30.4 Å². The van der Waals surface area contributed by atoms with Gasteiger partial charge in [-0.15, -0.1) is 0 Å². The Bertz CT molecular complexity index is 1200. The maximum atomic E-state index is 13.0. The molecule has 2 heterocycles. The lowest BCUT2D eigenvalue weighted by Crippen LogP contribution is -2.38. The number of fused-ring (bicyclic) bond motifs is 1. The van der Waals surface area contributed by atoms with Gasteiger partial charge in [-0.1, -0.05) is 6.92 Å². The summed E-state index contributed by atoms with van der Waals surface area (Å²) in [5.41, 5.74) is 0.492. The Labute approximate surface area is 166 Å². The van der Waals surface area contributed by atoms with Crippen molar-refractivity contribution in [3.63, 3.8) is 0 Å². The van der Waals surface area contributed by atoms with Crippen LogP contribution >= 0.6 is 0 Å². The molecule has 0 saturated heterocycles. The number of aromatic nitrogens is 4. The fraction of sp³-hybridized carbons (Fsp3) is 0.350. The van der Waals surface area contributed by atoms with Crippen LogP contribution < -0.4 is 16.6 Å². The monoisotopic (exact) mass is 397 g/mol. The summed E-state index contributed by atoms with van der Waals surface area (Å²) < 4.78 is 3.75. The second-order valence-corrected chi connectivity index (χ2v) is 6.95. The average Bonchev–Trinajstić information content (AvgIpc) is 3.15. The normalized spacial score (nSPS) is 12.1. The molecule has 2 aromatic heterocycles. The van der Waals surface area contributed by atoms with Crippen molar-refractivity contribution in [3.05, 3.63) is 57.0 Å². The van der Waals surface area contributed by atoms with Gasteiger partial charge in [0, 0.05) is 31.8 Å². The molecule has 0 fully saturated rings. The molecule has 3 rings (SSSR count). The molecular formula is C20H23N5O4. The molecular weight excluding hydrogens is 374 g/mol. The standard InChI is InChI=1S/C20H23N5O4/c1-5-6-15(26)22-14-9-7-13(8-10-14)17(27)12(2)25-11-21-18-16(25)19(28)24(4)20(29)23(18)3/h7-12H,5-6H2,1-4H3,(H,22,26). The Morgan fingerprint density at radius 3 is 2.38 bits per heavy atom. The van der Waals surface area contributed by atoms with E-state index in [-0.39, 0.29) is 22.9 Å². The van der Waals surface area contributed by atoms with E-state index in [0.717, 1.165) is 11.0 Å². The fourth-order valence-corrected chi connectivity index (χ4v) is 3.19. The predicted molar refractivity (Wildman–Crippen MR) is 109 cm³/mol. The van der Waals surface area contributed by atoms with Crippen molar-refractivity contribution in [2.45, 2.75) is 32.7 Å². The van der Waals surface area contributed by atoms with Crippen molar-refractivity contribution in [2.75, 3.05) is 5.32 Å². The Kier molecular flexibility index (Phi) is 5.49. The van der Waals surface area contributed by atoms with Crippen LogP contribution in [0, 0.1) is 0 Å². The van der Waals surface area contributed by atoms with Crippen LogP contribution in [0.4, 0.5) is 5.69 Å². The first-order valence-electron chi connectivity index (χ1n) is 9.33. The number of hydrogen-bond donors (Lipinski definition) is 1. The van der Waals surface area contributed by atoms with E-state index < -0.39 is 17.3 Å². The smallest absolute Gasteiger partial charge is 0.326 e. The molecule has 1 aromatic carbocycles. The third-order valence-corrected chi connectivity index (χ3v) is 4.90. The van der Waals surface area contributed by atoms with Gasteiger partial charge in [-0.3, -0.25) is 23.5 Å². The Balaban J connectivity index is 1.92. The van der Waals surface area contributed by atoms with Gasteiger partial charge in [-0.2, -0.15) is 0 Å². The van der Waals surface area contributed by atoms with Crippen LogP contribution in [0.2, 0.25) is 0 Å². The van der Waals surface area contributed by atoms with Gasteiger partial charge >= 0.3 is 5.69 Å². The Morgan fingerprint density at radius 1 is 1.10 bits per heavy atom. The third kappa shape index (κ3) is 3.63. The SMILES string of the molecule is CCCC(=O)Nc1ccc(C(=O)C(C)n2cnc3c2c(=O)n(C)c(=O)n3C)cc1. The zero-order valence-corrected chi connectivity index (χ0v) is 16.8. The zero-order valence-electron chi connectivity index (χ0n) is 16.8. The molecule has 1 unspecified atom stereocenters. The van der Waals surface area contributed by atoms with E-state index in [2.05, 4.69) is 10.3 Å². The quantitative estimate of drug-likeness (QED) is 0.636. The highest BCUT2D eigenvalue weighted by molar-refractivity contribution is 6.00. The van der Waals surface area contributed by atoms with Crippen LogP contribution in [0.15, 0.2) is 40.2 Å². The van der Waals surface area contributed by atoms with Crippen molar-refractivity contribution in [1.82, 2.24) is 18.7 Å². The predicted octanol–water partition coefficient (Wildman–Crippen LogP) is 1.62. The van der Waals surface area contributed by atoms with Gasteiger partial charge in [0.15, 0.2) is 16.9 Å². The number of carbonyl (C=O) groups is 2. The molecule has 29 heavy (non-hydrogen) atoms. The highest BCUT2D eigenvalue weighted by Gasteiger charge is 2.22. The number of nitrogens with one attached hydrogen (secondary N) is 1. The molecule has 1 amide bonds. The molecule has 9 nitrogen and oxygen atoms in total. The van der Waals surface area contributed by atoms with Gasteiger partial charge in [0.05, 0.1) is 12.4 Å². The number of Topliss-reactive ketones (excluding diaryl/α,β-unsaturated/α-hetero) is 1. The Hall–Kier alpha value is -3.49. The molecule has 3 aromatic rings. The minimum Gasteiger partial charge on any atom is -0.326 e. The van der Waals surface area contributed by atoms with Gasteiger partial charge < -0.3 is 9.88 Å². The van der Waals surface area contributed by atoms with Crippen LogP contribution in [0.5, 0.6) is 0 Å². The number of rotatable bonds is 6. The molecule has 1 atom stereocenters. The van der Waals surface area contributed by atoms with Crippen LogP contribution in [-0.2, 0) is 18.9 Å². The first-order chi connectivity index (χ1) is 13.8. The molecule has 152 valence electrons. The first-order valence-corrected chi connectivity index (χ1v) is 9.33. The molecule has 0 saturated carbocycles. The summed E-state index contributed by atoms with van der Waals surface area (Å²) in [4.78, 5) is 53.5. The lowest BCUT2D eigenvalue weighted by molar-refractivity contribution is -0.116. The average molecular weight is 397 g/mol. The summed E-state index contributed by atoms with van der Waals surface area (Å²) >= 11 is 0. The number of hydrogen-bond acceptors (Lipinski definition) is 5. The summed E-state index contributed by atoms with van der Waals surface area (Å²) in [5, 5.41) is 2.77. The summed E-state index contributed by atoms with van der Waals surface area (Å²) in [6, 6.07) is 5.90. The number of carbonyl (C=O) groups excluding carboxylic acids is 2. The summed E-state index contributed by atoms with van der Waals surface area (Å²) in [6.45, 7) is 3.60. The third-order valence-electron chi connectivity index (χ3n) is 4.90. The van der Waals surface area contributed by atoms with E-state index in [1.54, 1.807) is 31.2 Å². The van der Waals surface area contributed by atoms with Crippen molar-refractivity contribution >= 4 is 28.5 Å². The zero-order chi connectivity index (χ0) is 21.3. The van der Waals surface area contributed by atoms with Gasteiger partial charge in [0.1, 0.15) is 0 Å². The maximum Gasteiger partial charge on any atom is 0.332 e. The van der Waals surface area contributed by atoms with E-state index in [0.29, 0.717) is 17.7 Å². The molecule has 9 heteroatoms. The number of ketones is 1. The molecule has 0 aliphatic rings. The summed E-state index contributed by atoms with van der Waals surface area (Å²) in [7, 11) is 2.92. The number of nitrogens with zero attached hydrogens (tertiary/aromatic N) is 4. The van der Waals surface area contributed by atoms with E-state index in [1.165, 1.54) is 29.6 Å². The summed E-state index contributed by atoms with van der Waals surface area (Å²) in [5.74, 6) is -0.294. The number of anilines is 1. The molecule has 0 radical (unpaired) electrons. The second kappa shape index (κ2) is 7.86. The van der Waals surface area contributed by atoms with Gasteiger partial charge in [-0.05, 0) is 37.6 Å². The van der Waals surface area contributed by atoms with Gasteiger partial charge in [0.2, 0.25) is 5.91 Å². The van der Waals surface area contributed by atoms with Crippen LogP contribution in [0.3, 0.4) is 0 Å². The number of amides is 1. The van der Waals surface area contributed by atoms with Crippen molar-refractivity contribution in [2.24, 2.45) is 14.1 Å². The largest absolute Gasteiger partial charge is 0.332 e. The van der Waals surface area contributed by atoms with Crippen molar-refractivity contribution in [3.8, 4) is 0 Å². The highest BCUT2D eigenvalue weighted by atomic mass is 16.2. The summed E-state index contributed by atoms with van der Waals surface area (Å²) in [6.07, 6.45) is 2.58. The minimum atomic E-state index is -0.703. The van der Waals surface area contributed by atoms with E-state index in [1.807, 2.05) is 6.92 Å². The molecule has 0 aliphatic carbocycles. The lowest BCUT2D eigenvalue weighted by atomic mass is 10.0. The lowest BCUT2D eigenvalue weighted by Gasteiger charge is -2.14. The maximum absolute atomic E-state index is 13.0. The van der Waals surface area contributed by atoms with Crippen LogP contribution in [0.25, 0.3) is 11.2 Å². The molecule has 0 spiro atoms. The highest BCUT2D eigenvalue weighted by Crippen LogP contribution is 2.19. The molecule has 1 N–H and O–H groups in total. The van der Waals surface area contributed by atoms with Crippen LogP contribution in [0.1, 0.15) is 43.1 Å². The van der Waals surface area contributed by atoms with E-state index >= 15 is 0 Å². The minimum absolute atomic E-state index is 0.0775. The first kappa shape index (κ1) is 20.2. The Morgan fingerprint density at radius 2 is 1.76 bits per heavy atom. The van der Waals surface area contributed by atoms with Gasteiger partial charge in [0.25, 0.3) is 5.56 Å². The van der Waals surface area contributed by atoms with E-state index in [9.17, 15) is 19.2 Å². The molecule has 0 bridgehead atoms. The second-order valence-electron chi connectivity index (χ2n) is 6.95. The van der Waals surface area contributed by atoms with Gasteiger partial charge in [-0.25, -0.2) is 9.78 Å². The van der Waals surface area contributed by atoms with Crippen molar-refractivity contribution < 1.29 is 9.59 Å². The number of aryl methyl sites for hydroxylation is 1. The number of benzene rings is 1. The topological polar surface area (TPSA) is 108 Å². The number of imidazole rings is 1. The van der Waals surface area contributed by atoms with Crippen molar-refractivity contribution in [1.29, 1.82) is 0 Å².